The van der Waals surface area contributed by atoms with E-state index in [1.807, 2.05) is 6.07 Å². The van der Waals surface area contributed by atoms with Crippen LogP contribution in [-0.2, 0) is 9.53 Å². The summed E-state index contributed by atoms with van der Waals surface area (Å²) in [5, 5.41) is 8.82. The van der Waals surface area contributed by atoms with Gasteiger partial charge in [-0.1, -0.05) is 12.1 Å². The third kappa shape index (κ3) is 2.99. The van der Waals surface area contributed by atoms with Gasteiger partial charge >= 0.3 is 5.97 Å². The number of nitrogens with zero attached hydrogens (tertiary/aromatic N) is 1. The van der Waals surface area contributed by atoms with Crippen molar-refractivity contribution in [2.75, 3.05) is 7.11 Å². The van der Waals surface area contributed by atoms with Crippen molar-refractivity contribution >= 4 is 5.97 Å². The number of nitriles is 1. The summed E-state index contributed by atoms with van der Waals surface area (Å²) in [4.78, 5) is 10.7. The van der Waals surface area contributed by atoms with Crippen molar-refractivity contribution in [3.8, 4) is 11.8 Å². The number of rotatable bonds is 3. The zero-order chi connectivity index (χ0) is 11.3. The summed E-state index contributed by atoms with van der Waals surface area (Å²) in [5.41, 5.74) is 0.604. The molecule has 78 valence electrons. The van der Waals surface area contributed by atoms with Gasteiger partial charge in [-0.05, 0) is 12.1 Å². The Morgan fingerprint density at radius 1 is 1.53 bits per heavy atom. The molecular formula is C11H11NO3. The molecule has 0 aromatic heterocycles. The van der Waals surface area contributed by atoms with E-state index in [4.69, 9.17) is 14.7 Å². The van der Waals surface area contributed by atoms with Gasteiger partial charge in [-0.25, -0.2) is 0 Å². The van der Waals surface area contributed by atoms with Crippen LogP contribution >= 0.6 is 0 Å². The monoisotopic (exact) mass is 205 g/mol. The van der Waals surface area contributed by atoms with Crippen LogP contribution in [0.4, 0.5) is 0 Å². The van der Waals surface area contributed by atoms with Crippen LogP contribution in [0.25, 0.3) is 0 Å². The van der Waals surface area contributed by atoms with Crippen molar-refractivity contribution in [1.29, 1.82) is 5.26 Å². The molecule has 15 heavy (non-hydrogen) atoms. The van der Waals surface area contributed by atoms with E-state index in [-0.39, 0.29) is 0 Å². The maximum absolute atomic E-state index is 10.7. The van der Waals surface area contributed by atoms with Crippen LogP contribution in [0.3, 0.4) is 0 Å². The lowest BCUT2D eigenvalue weighted by atomic mass is 10.1. The maximum Gasteiger partial charge on any atom is 0.304 e. The van der Waals surface area contributed by atoms with Gasteiger partial charge in [0.05, 0.1) is 7.11 Å². The highest BCUT2D eigenvalue weighted by Crippen LogP contribution is 2.21. The first-order chi connectivity index (χ1) is 7.17. The normalized spacial score (nSPS) is 11.3. The second-order valence-electron chi connectivity index (χ2n) is 2.90. The van der Waals surface area contributed by atoms with Gasteiger partial charge < -0.3 is 9.47 Å². The molecule has 1 aromatic rings. The third-order valence-corrected chi connectivity index (χ3v) is 1.80. The van der Waals surface area contributed by atoms with Gasteiger partial charge in [-0.3, -0.25) is 4.79 Å². The topological polar surface area (TPSA) is 59.3 Å². The first kappa shape index (κ1) is 11.1. The van der Waals surface area contributed by atoms with Crippen molar-refractivity contribution in [1.82, 2.24) is 0 Å². The molecular weight excluding hydrogens is 194 g/mol. The second kappa shape index (κ2) is 5.01. The lowest BCUT2D eigenvalue weighted by Crippen LogP contribution is -2.06. The molecule has 1 rings (SSSR count). The molecule has 1 aromatic carbocycles. The van der Waals surface area contributed by atoms with Gasteiger partial charge in [-0.2, -0.15) is 5.26 Å². The quantitative estimate of drug-likeness (QED) is 0.706. The van der Waals surface area contributed by atoms with E-state index in [2.05, 4.69) is 0 Å². The van der Waals surface area contributed by atoms with Gasteiger partial charge in [0.1, 0.15) is 11.8 Å². The second-order valence-corrected chi connectivity index (χ2v) is 2.90. The van der Waals surface area contributed by atoms with Crippen molar-refractivity contribution in [2.24, 2.45) is 0 Å². The molecule has 0 saturated carbocycles. The fourth-order valence-electron chi connectivity index (χ4n) is 1.14. The van der Waals surface area contributed by atoms with Crippen LogP contribution in [0.2, 0.25) is 0 Å². The number of ether oxygens (including phenoxy) is 2. The minimum atomic E-state index is -0.877. The van der Waals surface area contributed by atoms with Crippen LogP contribution in [-0.4, -0.2) is 13.1 Å². The number of carbonyl (C=O) groups is 1. The summed E-state index contributed by atoms with van der Waals surface area (Å²) in [6.07, 6.45) is -0.877. The molecule has 0 unspecified atom stereocenters. The Morgan fingerprint density at radius 2 is 2.27 bits per heavy atom. The van der Waals surface area contributed by atoms with Gasteiger partial charge in [0.2, 0.25) is 6.10 Å². The highest BCUT2D eigenvalue weighted by molar-refractivity contribution is 5.66. The fraction of sp³-hybridized carbons (Fsp3) is 0.273. The zero-order valence-electron chi connectivity index (χ0n) is 8.56. The highest BCUT2D eigenvalue weighted by atomic mass is 16.5. The Hall–Kier alpha value is -2.02. The van der Waals surface area contributed by atoms with Crippen molar-refractivity contribution in [3.05, 3.63) is 29.8 Å². The summed E-state index contributed by atoms with van der Waals surface area (Å²) in [7, 11) is 1.53. The molecule has 0 saturated heterocycles. The van der Waals surface area contributed by atoms with E-state index in [0.717, 1.165) is 0 Å². The Morgan fingerprint density at radius 3 is 2.80 bits per heavy atom. The Balaban J connectivity index is 2.92. The molecule has 0 aliphatic carbocycles. The zero-order valence-corrected chi connectivity index (χ0v) is 8.56. The average molecular weight is 205 g/mol. The van der Waals surface area contributed by atoms with E-state index >= 15 is 0 Å². The smallest absolute Gasteiger partial charge is 0.304 e. The summed E-state index contributed by atoms with van der Waals surface area (Å²) in [6.45, 7) is 1.27. The van der Waals surface area contributed by atoms with Gasteiger partial charge in [0.25, 0.3) is 0 Å². The Bertz CT molecular complexity index is 395. The van der Waals surface area contributed by atoms with Crippen molar-refractivity contribution in [3.63, 3.8) is 0 Å². The molecule has 4 nitrogen and oxygen atoms in total. The van der Waals surface area contributed by atoms with E-state index < -0.39 is 12.1 Å². The molecule has 0 bridgehead atoms. The predicted molar refractivity (Wildman–Crippen MR) is 53.1 cm³/mol. The van der Waals surface area contributed by atoms with Gasteiger partial charge in [0, 0.05) is 12.5 Å². The number of benzene rings is 1. The van der Waals surface area contributed by atoms with Gasteiger partial charge in [-0.15, -0.1) is 0 Å². The molecule has 1 atom stereocenters. The van der Waals surface area contributed by atoms with Crippen LogP contribution in [0.15, 0.2) is 24.3 Å². The molecule has 0 fully saturated rings. The minimum Gasteiger partial charge on any atom is -0.497 e. The van der Waals surface area contributed by atoms with E-state index in [1.165, 1.54) is 14.0 Å². The van der Waals surface area contributed by atoms with E-state index in [9.17, 15) is 4.79 Å². The van der Waals surface area contributed by atoms with E-state index in [0.29, 0.717) is 11.3 Å². The largest absolute Gasteiger partial charge is 0.497 e. The molecule has 0 aliphatic heterocycles. The summed E-state index contributed by atoms with van der Waals surface area (Å²) < 4.78 is 9.83. The molecule has 0 radical (unpaired) electrons. The van der Waals surface area contributed by atoms with Gasteiger partial charge in [0.15, 0.2) is 0 Å². The lowest BCUT2D eigenvalue weighted by molar-refractivity contribution is -0.144. The Kier molecular flexibility index (Phi) is 3.69. The fourth-order valence-corrected chi connectivity index (χ4v) is 1.14. The van der Waals surface area contributed by atoms with Crippen molar-refractivity contribution in [2.45, 2.75) is 13.0 Å². The number of carbonyl (C=O) groups excluding carboxylic acids is 1. The maximum atomic E-state index is 10.7. The standard InChI is InChI=1S/C11H11NO3/c1-8(13)15-11(7-12)9-4-3-5-10(6-9)14-2/h3-6,11H,1-2H3/t11-/m1/s1. The Labute approximate surface area is 88.0 Å². The number of methoxy groups -OCH3 is 1. The number of hydrogen-bond donors (Lipinski definition) is 0. The number of hydrogen-bond acceptors (Lipinski definition) is 4. The molecule has 0 aliphatic rings. The lowest BCUT2D eigenvalue weighted by Gasteiger charge is -2.10. The van der Waals surface area contributed by atoms with Crippen LogP contribution in [0, 0.1) is 11.3 Å². The number of esters is 1. The average Bonchev–Trinajstić information content (AvgIpc) is 2.25. The first-order valence-electron chi connectivity index (χ1n) is 4.38. The molecule has 0 N–H and O–H groups in total. The minimum absolute atomic E-state index is 0.482. The van der Waals surface area contributed by atoms with Crippen molar-refractivity contribution < 1.29 is 14.3 Å². The predicted octanol–water partition coefficient (Wildman–Crippen LogP) is 1.82. The molecule has 0 amide bonds. The molecule has 0 heterocycles. The third-order valence-electron chi connectivity index (χ3n) is 1.80. The molecule has 0 spiro atoms. The van der Waals surface area contributed by atoms with Crippen LogP contribution < -0.4 is 4.74 Å². The summed E-state index contributed by atoms with van der Waals surface area (Å²) in [5.74, 6) is 0.143. The molecule has 4 heteroatoms. The summed E-state index contributed by atoms with van der Waals surface area (Å²) >= 11 is 0. The SMILES string of the molecule is COc1cccc([C@@H](C#N)OC(C)=O)c1. The highest BCUT2D eigenvalue weighted by Gasteiger charge is 2.13. The first-order valence-corrected chi connectivity index (χ1v) is 4.38. The van der Waals surface area contributed by atoms with E-state index in [1.54, 1.807) is 24.3 Å². The van der Waals surface area contributed by atoms with Crippen LogP contribution in [0.5, 0.6) is 5.75 Å². The van der Waals surface area contributed by atoms with Crippen LogP contribution in [0.1, 0.15) is 18.6 Å². The summed E-state index contributed by atoms with van der Waals surface area (Å²) in [6, 6.07) is 8.77.